The number of nitrogens with two attached hydrogens (primary N) is 1. The molecule has 2 N–H and O–H groups in total. The summed E-state index contributed by atoms with van der Waals surface area (Å²) in [6.45, 7) is 6.72. The Morgan fingerprint density at radius 1 is 1.30 bits per heavy atom. The lowest BCUT2D eigenvalue weighted by molar-refractivity contribution is 0.346. The number of hydrogen-bond donors (Lipinski definition) is 1. The molecule has 0 amide bonds. The topological polar surface area (TPSA) is 43.8 Å². The molecule has 0 spiro atoms. The Bertz CT molecular complexity index is 627. The van der Waals surface area contributed by atoms with Gasteiger partial charge in [0.05, 0.1) is 0 Å². The van der Waals surface area contributed by atoms with Gasteiger partial charge in [-0.05, 0) is 31.2 Å². The number of nitrogens with zero attached hydrogens (tertiary/aromatic N) is 2. The van der Waals surface area contributed by atoms with Crippen molar-refractivity contribution in [1.29, 1.82) is 0 Å². The van der Waals surface area contributed by atoms with Crippen molar-refractivity contribution in [2.45, 2.75) is 46.1 Å². The molecule has 20 heavy (non-hydrogen) atoms. The average molecular weight is 269 g/mol. The Labute approximate surface area is 120 Å². The van der Waals surface area contributed by atoms with Crippen molar-refractivity contribution < 1.29 is 0 Å². The van der Waals surface area contributed by atoms with E-state index in [4.69, 9.17) is 10.7 Å². The lowest BCUT2D eigenvalue weighted by atomic mass is 9.95. The second kappa shape index (κ2) is 4.97. The predicted octanol–water partition coefficient (Wildman–Crippen LogP) is 3.84. The van der Waals surface area contributed by atoms with Gasteiger partial charge in [0.25, 0.3) is 0 Å². The number of nitrogen functional groups attached to an aromatic ring is 1. The Morgan fingerprint density at radius 3 is 2.80 bits per heavy atom. The smallest absolute Gasteiger partial charge is 0.131 e. The van der Waals surface area contributed by atoms with Crippen LogP contribution in [0.1, 0.15) is 44.6 Å². The van der Waals surface area contributed by atoms with Gasteiger partial charge in [-0.15, -0.1) is 0 Å². The van der Waals surface area contributed by atoms with E-state index in [2.05, 4.69) is 49.6 Å². The second-order valence-corrected chi connectivity index (χ2v) is 6.04. The standard InChI is InChI=1S/C17H23N3/c1-4-13-7-5-6-8-14(13)16-17(18)20-12(3)9-11(2)10-15(20)19-16/h5-8,11-12H,4,9-10,18H2,1-3H3. The van der Waals surface area contributed by atoms with Crippen LogP contribution >= 0.6 is 0 Å². The molecule has 1 aliphatic rings. The van der Waals surface area contributed by atoms with E-state index in [0.717, 1.165) is 30.2 Å². The van der Waals surface area contributed by atoms with Crippen molar-refractivity contribution in [3.63, 3.8) is 0 Å². The third kappa shape index (κ3) is 2.01. The zero-order valence-electron chi connectivity index (χ0n) is 12.6. The first-order valence-corrected chi connectivity index (χ1v) is 7.56. The van der Waals surface area contributed by atoms with E-state index in [1.165, 1.54) is 17.5 Å². The van der Waals surface area contributed by atoms with Crippen LogP contribution in [-0.4, -0.2) is 9.55 Å². The molecule has 106 valence electrons. The van der Waals surface area contributed by atoms with Crippen LogP contribution in [0.4, 0.5) is 5.82 Å². The fourth-order valence-electron chi connectivity index (χ4n) is 3.47. The molecule has 0 bridgehead atoms. The minimum absolute atomic E-state index is 0.448. The van der Waals surface area contributed by atoms with Gasteiger partial charge in [-0.1, -0.05) is 38.1 Å². The number of imidazole rings is 1. The average Bonchev–Trinajstić information content (AvgIpc) is 2.75. The molecule has 2 atom stereocenters. The van der Waals surface area contributed by atoms with Gasteiger partial charge in [0.2, 0.25) is 0 Å². The minimum Gasteiger partial charge on any atom is -0.383 e. The normalized spacial score (nSPS) is 21.8. The second-order valence-electron chi connectivity index (χ2n) is 6.04. The van der Waals surface area contributed by atoms with Crippen LogP contribution in [-0.2, 0) is 12.8 Å². The zero-order valence-corrected chi connectivity index (χ0v) is 12.6. The number of aryl methyl sites for hydroxylation is 1. The van der Waals surface area contributed by atoms with Gasteiger partial charge in [0.15, 0.2) is 0 Å². The molecule has 0 saturated heterocycles. The van der Waals surface area contributed by atoms with E-state index >= 15 is 0 Å². The molecular weight excluding hydrogens is 246 g/mol. The van der Waals surface area contributed by atoms with E-state index in [9.17, 15) is 0 Å². The Balaban J connectivity index is 2.15. The van der Waals surface area contributed by atoms with E-state index in [0.29, 0.717) is 12.0 Å². The lowest BCUT2D eigenvalue weighted by Crippen LogP contribution is -2.22. The van der Waals surface area contributed by atoms with Crippen molar-refractivity contribution in [2.75, 3.05) is 5.73 Å². The summed E-state index contributed by atoms with van der Waals surface area (Å²) in [6.07, 6.45) is 3.22. The molecule has 1 aromatic heterocycles. The van der Waals surface area contributed by atoms with Crippen molar-refractivity contribution in [1.82, 2.24) is 9.55 Å². The molecule has 0 saturated carbocycles. The predicted molar refractivity (Wildman–Crippen MR) is 83.6 cm³/mol. The van der Waals surface area contributed by atoms with Gasteiger partial charge in [-0.3, -0.25) is 0 Å². The Morgan fingerprint density at radius 2 is 2.05 bits per heavy atom. The largest absolute Gasteiger partial charge is 0.383 e. The molecule has 3 heteroatoms. The third-order valence-electron chi connectivity index (χ3n) is 4.39. The highest BCUT2D eigenvalue weighted by Crippen LogP contribution is 2.37. The van der Waals surface area contributed by atoms with Crippen molar-refractivity contribution >= 4 is 5.82 Å². The number of anilines is 1. The maximum atomic E-state index is 6.42. The maximum Gasteiger partial charge on any atom is 0.131 e. The van der Waals surface area contributed by atoms with Crippen LogP contribution in [0, 0.1) is 5.92 Å². The first-order chi connectivity index (χ1) is 9.61. The number of benzene rings is 1. The fraction of sp³-hybridized carbons (Fsp3) is 0.471. The van der Waals surface area contributed by atoms with Crippen LogP contribution in [0.2, 0.25) is 0 Å². The van der Waals surface area contributed by atoms with Gasteiger partial charge in [-0.2, -0.15) is 0 Å². The summed E-state index contributed by atoms with van der Waals surface area (Å²) >= 11 is 0. The minimum atomic E-state index is 0.448. The lowest BCUT2D eigenvalue weighted by Gasteiger charge is -2.27. The number of hydrogen-bond acceptors (Lipinski definition) is 2. The molecule has 3 rings (SSSR count). The van der Waals surface area contributed by atoms with E-state index in [-0.39, 0.29) is 0 Å². The molecule has 2 heterocycles. The Hall–Kier alpha value is -1.77. The molecule has 2 aromatic rings. The fourth-order valence-corrected chi connectivity index (χ4v) is 3.47. The number of rotatable bonds is 2. The van der Waals surface area contributed by atoms with E-state index in [1.54, 1.807) is 0 Å². The molecular formula is C17H23N3. The van der Waals surface area contributed by atoms with Crippen LogP contribution in [0.5, 0.6) is 0 Å². The molecule has 0 fully saturated rings. The maximum absolute atomic E-state index is 6.42. The van der Waals surface area contributed by atoms with Gasteiger partial charge < -0.3 is 10.3 Å². The molecule has 0 aliphatic carbocycles. The third-order valence-corrected chi connectivity index (χ3v) is 4.39. The molecule has 1 aliphatic heterocycles. The highest BCUT2D eigenvalue weighted by molar-refractivity contribution is 5.74. The summed E-state index contributed by atoms with van der Waals surface area (Å²) in [7, 11) is 0. The molecule has 0 radical (unpaired) electrons. The summed E-state index contributed by atoms with van der Waals surface area (Å²) in [6, 6.07) is 8.90. The quantitative estimate of drug-likeness (QED) is 0.900. The van der Waals surface area contributed by atoms with Crippen LogP contribution in [0.3, 0.4) is 0 Å². The number of fused-ring (bicyclic) bond motifs is 1. The van der Waals surface area contributed by atoms with Crippen LogP contribution in [0.25, 0.3) is 11.3 Å². The summed E-state index contributed by atoms with van der Waals surface area (Å²) in [5.41, 5.74) is 9.89. The number of aromatic nitrogens is 2. The first-order valence-electron chi connectivity index (χ1n) is 7.56. The summed E-state index contributed by atoms with van der Waals surface area (Å²) in [5.74, 6) is 2.67. The zero-order chi connectivity index (χ0) is 14.3. The van der Waals surface area contributed by atoms with Crippen LogP contribution < -0.4 is 5.73 Å². The van der Waals surface area contributed by atoms with Crippen molar-refractivity contribution in [3.8, 4) is 11.3 Å². The summed E-state index contributed by atoms with van der Waals surface area (Å²) in [4.78, 5) is 4.87. The molecule has 3 nitrogen and oxygen atoms in total. The Kier molecular flexibility index (Phi) is 3.28. The summed E-state index contributed by atoms with van der Waals surface area (Å²) in [5, 5.41) is 0. The van der Waals surface area contributed by atoms with Crippen molar-refractivity contribution in [3.05, 3.63) is 35.7 Å². The van der Waals surface area contributed by atoms with E-state index < -0.39 is 0 Å². The van der Waals surface area contributed by atoms with Gasteiger partial charge in [0, 0.05) is 18.0 Å². The summed E-state index contributed by atoms with van der Waals surface area (Å²) < 4.78 is 2.24. The SMILES string of the molecule is CCc1ccccc1-c1nc2n(c1N)C(C)CC(C)C2. The van der Waals surface area contributed by atoms with Gasteiger partial charge >= 0.3 is 0 Å². The van der Waals surface area contributed by atoms with Gasteiger partial charge in [0.1, 0.15) is 17.3 Å². The first kappa shape index (κ1) is 13.2. The van der Waals surface area contributed by atoms with Crippen LogP contribution in [0.15, 0.2) is 24.3 Å². The molecule has 2 unspecified atom stereocenters. The monoisotopic (exact) mass is 269 g/mol. The van der Waals surface area contributed by atoms with Gasteiger partial charge in [-0.25, -0.2) is 4.98 Å². The van der Waals surface area contributed by atoms with E-state index in [1.807, 2.05) is 0 Å². The van der Waals surface area contributed by atoms with Crippen molar-refractivity contribution in [2.24, 2.45) is 5.92 Å². The highest BCUT2D eigenvalue weighted by Gasteiger charge is 2.27. The highest BCUT2D eigenvalue weighted by atomic mass is 15.2. The molecule has 1 aromatic carbocycles.